The van der Waals surface area contributed by atoms with Crippen LogP contribution in [0.25, 0.3) is 0 Å². The van der Waals surface area contributed by atoms with E-state index >= 15 is 0 Å². The molecule has 166 valence electrons. The molecule has 1 fully saturated rings. The van der Waals surface area contributed by atoms with E-state index in [-0.39, 0.29) is 17.9 Å². The largest absolute Gasteiger partial charge is 0.480 e. The number of carbonyl (C=O) groups is 2. The molecule has 2 aliphatic rings. The number of aryl methyl sites for hydroxylation is 2. The van der Waals surface area contributed by atoms with Crippen LogP contribution in [0.3, 0.4) is 0 Å². The van der Waals surface area contributed by atoms with Gasteiger partial charge in [-0.2, -0.15) is 0 Å². The van der Waals surface area contributed by atoms with Crippen LogP contribution in [0.4, 0.5) is 5.82 Å². The molecule has 1 aromatic rings. The highest BCUT2D eigenvalue weighted by Gasteiger charge is 2.31. The van der Waals surface area contributed by atoms with Gasteiger partial charge in [0.05, 0.1) is 6.04 Å². The van der Waals surface area contributed by atoms with Gasteiger partial charge in [0.15, 0.2) is 0 Å². The first-order valence-corrected chi connectivity index (χ1v) is 11.5. The molecular weight excluding hydrogens is 380 g/mol. The number of rotatable bonds is 11. The number of anilines is 1. The highest BCUT2D eigenvalue weighted by molar-refractivity contribution is 5.87. The highest BCUT2D eigenvalue weighted by atomic mass is 16.4. The number of carboxylic acids is 1. The molecule has 0 spiro atoms. The first-order valence-electron chi connectivity index (χ1n) is 11.5. The van der Waals surface area contributed by atoms with E-state index in [1.54, 1.807) is 0 Å². The number of aromatic nitrogens is 1. The van der Waals surface area contributed by atoms with Crippen molar-refractivity contribution in [3.8, 4) is 0 Å². The Bertz CT molecular complexity index is 724. The summed E-state index contributed by atoms with van der Waals surface area (Å²) in [6.45, 7) is 3.85. The third-order valence-electron chi connectivity index (χ3n) is 6.31. The van der Waals surface area contributed by atoms with Crippen LogP contribution in [0, 0.1) is 5.92 Å². The second kappa shape index (κ2) is 11.3. The average molecular weight is 417 g/mol. The van der Waals surface area contributed by atoms with E-state index in [0.717, 1.165) is 76.0 Å². The SMILES string of the molecule is C[C@H]1CCN[C@@H]1C(=O)NC(CCCCCCCc1ccc2c(n1)NCCC2)C(=O)O. The summed E-state index contributed by atoms with van der Waals surface area (Å²) in [7, 11) is 0. The van der Waals surface area contributed by atoms with Crippen molar-refractivity contribution in [2.24, 2.45) is 5.92 Å². The minimum atomic E-state index is -0.943. The van der Waals surface area contributed by atoms with E-state index in [2.05, 4.69) is 28.1 Å². The maximum Gasteiger partial charge on any atom is 0.326 e. The molecule has 1 unspecified atom stereocenters. The number of hydrogen-bond donors (Lipinski definition) is 4. The summed E-state index contributed by atoms with van der Waals surface area (Å²) >= 11 is 0. The van der Waals surface area contributed by atoms with Crippen molar-refractivity contribution in [2.45, 2.75) is 83.2 Å². The van der Waals surface area contributed by atoms with E-state index in [1.165, 1.54) is 12.0 Å². The van der Waals surface area contributed by atoms with E-state index < -0.39 is 12.0 Å². The number of amides is 1. The molecule has 3 rings (SSSR count). The van der Waals surface area contributed by atoms with Crippen LogP contribution in [0.5, 0.6) is 0 Å². The van der Waals surface area contributed by atoms with Crippen LogP contribution in [-0.2, 0) is 22.4 Å². The van der Waals surface area contributed by atoms with Crippen molar-refractivity contribution in [3.05, 3.63) is 23.4 Å². The molecule has 7 heteroatoms. The van der Waals surface area contributed by atoms with Gasteiger partial charge in [-0.3, -0.25) is 4.79 Å². The summed E-state index contributed by atoms with van der Waals surface area (Å²) in [6, 6.07) is 3.29. The van der Waals surface area contributed by atoms with Gasteiger partial charge in [-0.05, 0) is 62.6 Å². The Balaban J connectivity index is 1.30. The molecule has 30 heavy (non-hydrogen) atoms. The number of pyridine rings is 1. The zero-order chi connectivity index (χ0) is 21.3. The summed E-state index contributed by atoms with van der Waals surface area (Å²) in [5.41, 5.74) is 2.47. The van der Waals surface area contributed by atoms with Gasteiger partial charge in [0.2, 0.25) is 5.91 Å². The zero-order valence-corrected chi connectivity index (χ0v) is 18.1. The van der Waals surface area contributed by atoms with Gasteiger partial charge in [-0.25, -0.2) is 9.78 Å². The lowest BCUT2D eigenvalue weighted by molar-refractivity contribution is -0.142. The smallest absolute Gasteiger partial charge is 0.326 e. The predicted molar refractivity (Wildman–Crippen MR) is 118 cm³/mol. The molecule has 7 nitrogen and oxygen atoms in total. The molecule has 2 aliphatic heterocycles. The van der Waals surface area contributed by atoms with Gasteiger partial charge < -0.3 is 21.1 Å². The van der Waals surface area contributed by atoms with E-state index in [9.17, 15) is 14.7 Å². The van der Waals surface area contributed by atoms with Crippen LogP contribution in [-0.4, -0.2) is 47.1 Å². The minimum absolute atomic E-state index is 0.181. The van der Waals surface area contributed by atoms with Crippen molar-refractivity contribution < 1.29 is 14.7 Å². The molecule has 0 bridgehead atoms. The Hall–Kier alpha value is -2.15. The van der Waals surface area contributed by atoms with E-state index in [1.807, 2.05) is 6.92 Å². The Labute approximate surface area is 179 Å². The average Bonchev–Trinajstić information content (AvgIpc) is 3.17. The number of nitrogens with one attached hydrogen (secondary N) is 3. The first kappa shape index (κ1) is 22.5. The highest BCUT2D eigenvalue weighted by Crippen LogP contribution is 2.20. The Morgan fingerprint density at radius 3 is 2.77 bits per heavy atom. The number of aliphatic carboxylic acids is 1. The van der Waals surface area contributed by atoms with Crippen molar-refractivity contribution in [1.82, 2.24) is 15.6 Å². The van der Waals surface area contributed by atoms with Crippen molar-refractivity contribution >= 4 is 17.7 Å². The van der Waals surface area contributed by atoms with E-state index in [4.69, 9.17) is 4.98 Å². The molecule has 1 saturated heterocycles. The van der Waals surface area contributed by atoms with Crippen molar-refractivity contribution in [3.63, 3.8) is 0 Å². The number of unbranched alkanes of at least 4 members (excludes halogenated alkanes) is 4. The standard InChI is InChI=1S/C23H36N4O3/c1-16-13-15-24-20(16)22(28)27-19(23(29)30)10-6-4-2-3-5-9-18-12-11-17-8-7-14-25-21(17)26-18/h11-12,16,19-20,24H,2-10,13-15H2,1H3,(H,25,26)(H,27,28)(H,29,30)/t16-,19?,20-/m0/s1. The Kier molecular flexibility index (Phi) is 8.49. The van der Waals surface area contributed by atoms with Gasteiger partial charge in [0.25, 0.3) is 0 Å². The second-order valence-corrected chi connectivity index (χ2v) is 8.74. The maximum absolute atomic E-state index is 12.3. The van der Waals surface area contributed by atoms with Gasteiger partial charge >= 0.3 is 5.97 Å². The molecule has 4 N–H and O–H groups in total. The molecule has 1 aromatic heterocycles. The lowest BCUT2D eigenvalue weighted by Gasteiger charge is -2.20. The van der Waals surface area contributed by atoms with Gasteiger partial charge in [0.1, 0.15) is 11.9 Å². The third kappa shape index (κ3) is 6.42. The van der Waals surface area contributed by atoms with Crippen LogP contribution in [0.1, 0.15) is 69.5 Å². The van der Waals surface area contributed by atoms with Crippen LogP contribution < -0.4 is 16.0 Å². The lowest BCUT2D eigenvalue weighted by atomic mass is 10.0. The molecule has 3 heterocycles. The number of hydrogen-bond acceptors (Lipinski definition) is 5. The number of nitrogens with zero attached hydrogens (tertiary/aromatic N) is 1. The number of carboxylic acid groups (broad SMARTS) is 1. The quantitative estimate of drug-likeness (QED) is 0.414. The summed E-state index contributed by atoms with van der Waals surface area (Å²) < 4.78 is 0. The fourth-order valence-corrected chi connectivity index (χ4v) is 4.40. The molecule has 0 aliphatic carbocycles. The topological polar surface area (TPSA) is 103 Å². The Morgan fingerprint density at radius 1 is 1.20 bits per heavy atom. The third-order valence-corrected chi connectivity index (χ3v) is 6.31. The van der Waals surface area contributed by atoms with Gasteiger partial charge in [0, 0.05) is 12.2 Å². The molecule has 0 radical (unpaired) electrons. The van der Waals surface area contributed by atoms with Crippen molar-refractivity contribution in [2.75, 3.05) is 18.4 Å². The first-order chi connectivity index (χ1) is 14.5. The lowest BCUT2D eigenvalue weighted by Crippen LogP contribution is -2.49. The summed E-state index contributed by atoms with van der Waals surface area (Å²) in [5.74, 6) is 0.183. The molecule has 0 aromatic carbocycles. The predicted octanol–water partition coefficient (Wildman–Crippen LogP) is 2.89. The van der Waals surface area contributed by atoms with Crippen molar-refractivity contribution in [1.29, 1.82) is 0 Å². The molecule has 3 atom stereocenters. The van der Waals surface area contributed by atoms with Gasteiger partial charge in [-0.15, -0.1) is 0 Å². The summed E-state index contributed by atoms with van der Waals surface area (Å²) in [6.07, 6.45) is 9.78. The number of carbonyl (C=O) groups excluding carboxylic acids is 1. The summed E-state index contributed by atoms with van der Waals surface area (Å²) in [5, 5.41) is 18.7. The summed E-state index contributed by atoms with van der Waals surface area (Å²) in [4.78, 5) is 28.6. The second-order valence-electron chi connectivity index (χ2n) is 8.74. The minimum Gasteiger partial charge on any atom is -0.480 e. The van der Waals surface area contributed by atoms with E-state index in [0.29, 0.717) is 6.42 Å². The maximum atomic E-state index is 12.3. The normalized spacial score (nSPS) is 21.5. The molecular formula is C23H36N4O3. The van der Waals surface area contributed by atoms with Crippen LogP contribution in [0.15, 0.2) is 12.1 Å². The molecule has 1 amide bonds. The van der Waals surface area contributed by atoms with Crippen LogP contribution in [0.2, 0.25) is 0 Å². The van der Waals surface area contributed by atoms with Crippen LogP contribution >= 0.6 is 0 Å². The monoisotopic (exact) mass is 416 g/mol. The molecule has 0 saturated carbocycles. The number of fused-ring (bicyclic) bond motifs is 1. The fraction of sp³-hybridized carbons (Fsp3) is 0.696. The zero-order valence-electron chi connectivity index (χ0n) is 18.1. The van der Waals surface area contributed by atoms with Gasteiger partial charge in [-0.1, -0.05) is 38.7 Å². The Morgan fingerprint density at radius 2 is 2.00 bits per heavy atom. The fourth-order valence-electron chi connectivity index (χ4n) is 4.40.